The Bertz CT molecular complexity index is 227. The van der Waals surface area contributed by atoms with Gasteiger partial charge in [-0.1, -0.05) is 52.4 Å². The van der Waals surface area contributed by atoms with Crippen LogP contribution in [0.25, 0.3) is 0 Å². The lowest BCUT2D eigenvalue weighted by molar-refractivity contribution is -0.141. The largest absolute Gasteiger partial charge is 0.469 e. The van der Waals surface area contributed by atoms with Crippen LogP contribution in [0.2, 0.25) is 0 Å². The van der Waals surface area contributed by atoms with E-state index in [0.717, 1.165) is 32.1 Å². The van der Waals surface area contributed by atoms with E-state index in [-0.39, 0.29) is 11.9 Å². The number of esters is 2. The van der Waals surface area contributed by atoms with E-state index in [9.17, 15) is 9.59 Å². The van der Waals surface area contributed by atoms with Crippen LogP contribution in [0.1, 0.15) is 78.1 Å². The molecule has 0 spiro atoms. The van der Waals surface area contributed by atoms with E-state index in [1.165, 1.54) is 33.5 Å². The number of hydrogen-bond donors (Lipinski definition) is 0. The van der Waals surface area contributed by atoms with Crippen LogP contribution in [0.4, 0.5) is 0 Å². The number of rotatable bonds is 10. The molecule has 0 fully saturated rings. The standard InChI is InChI=1S/C9H18O2.C7H14O2/c1-3-4-5-6-7-8-9(10)11-2;1-3-4-5-6-7(8)9-2/h3-8H2,1-2H3;3-6H2,1-2H3. The van der Waals surface area contributed by atoms with Crippen LogP contribution >= 0.6 is 0 Å². The molecule has 0 aliphatic heterocycles. The molecular formula is C16H32O4. The third-order valence-corrected chi connectivity index (χ3v) is 2.92. The minimum absolute atomic E-state index is 0.0819. The molecule has 0 heterocycles. The van der Waals surface area contributed by atoms with E-state index in [4.69, 9.17) is 0 Å². The SMILES string of the molecule is CCCCCC(=O)OC.CCCCCCCC(=O)OC. The molecule has 0 rings (SSSR count). The Hall–Kier alpha value is -1.06. The van der Waals surface area contributed by atoms with E-state index in [0.29, 0.717) is 12.8 Å². The van der Waals surface area contributed by atoms with Gasteiger partial charge in [-0.25, -0.2) is 0 Å². The summed E-state index contributed by atoms with van der Waals surface area (Å²) in [5.74, 6) is -0.176. The first kappa shape index (κ1) is 21.2. The molecule has 20 heavy (non-hydrogen) atoms. The number of carbonyl (C=O) groups is 2. The minimum Gasteiger partial charge on any atom is -0.469 e. The molecule has 0 aliphatic rings. The van der Waals surface area contributed by atoms with E-state index in [1.807, 2.05) is 0 Å². The Morgan fingerprint density at radius 2 is 1.00 bits per heavy atom. The highest BCUT2D eigenvalue weighted by atomic mass is 16.5. The Balaban J connectivity index is 0. The first-order chi connectivity index (χ1) is 9.62. The van der Waals surface area contributed by atoms with Crippen molar-refractivity contribution in [2.24, 2.45) is 0 Å². The van der Waals surface area contributed by atoms with Crippen LogP contribution in [0, 0.1) is 0 Å². The van der Waals surface area contributed by atoms with Crippen molar-refractivity contribution in [3.05, 3.63) is 0 Å². The van der Waals surface area contributed by atoms with Crippen molar-refractivity contribution in [2.75, 3.05) is 14.2 Å². The van der Waals surface area contributed by atoms with Gasteiger partial charge in [0.25, 0.3) is 0 Å². The van der Waals surface area contributed by atoms with E-state index in [1.54, 1.807) is 0 Å². The fraction of sp³-hybridized carbons (Fsp3) is 0.875. The van der Waals surface area contributed by atoms with Crippen LogP contribution in [-0.4, -0.2) is 26.2 Å². The molecule has 0 aromatic carbocycles. The van der Waals surface area contributed by atoms with E-state index >= 15 is 0 Å². The van der Waals surface area contributed by atoms with Gasteiger partial charge in [-0.2, -0.15) is 0 Å². The van der Waals surface area contributed by atoms with Gasteiger partial charge in [0.05, 0.1) is 14.2 Å². The summed E-state index contributed by atoms with van der Waals surface area (Å²) < 4.78 is 8.98. The summed E-state index contributed by atoms with van der Waals surface area (Å²) in [7, 11) is 2.86. The summed E-state index contributed by atoms with van der Waals surface area (Å²) in [5.41, 5.74) is 0. The zero-order chi connectivity index (χ0) is 15.6. The molecule has 0 saturated heterocycles. The maximum Gasteiger partial charge on any atom is 0.305 e. The number of unbranched alkanes of at least 4 members (excludes halogenated alkanes) is 6. The topological polar surface area (TPSA) is 52.6 Å². The molecule has 4 nitrogen and oxygen atoms in total. The van der Waals surface area contributed by atoms with Gasteiger partial charge in [-0.05, 0) is 12.8 Å². The van der Waals surface area contributed by atoms with Crippen LogP contribution in [0.15, 0.2) is 0 Å². The van der Waals surface area contributed by atoms with Gasteiger partial charge in [0.1, 0.15) is 0 Å². The number of hydrogen-bond acceptors (Lipinski definition) is 4. The maximum atomic E-state index is 10.6. The highest BCUT2D eigenvalue weighted by molar-refractivity contribution is 5.69. The molecule has 0 aromatic heterocycles. The van der Waals surface area contributed by atoms with E-state index < -0.39 is 0 Å². The number of methoxy groups -OCH3 is 2. The molecule has 0 unspecified atom stereocenters. The quantitative estimate of drug-likeness (QED) is 0.445. The molecule has 0 bridgehead atoms. The average Bonchev–Trinajstić information content (AvgIpc) is 2.47. The average molecular weight is 288 g/mol. The number of carbonyl (C=O) groups excluding carboxylic acids is 2. The second-order valence-corrected chi connectivity index (χ2v) is 4.77. The third kappa shape index (κ3) is 19.3. The van der Waals surface area contributed by atoms with Crippen molar-refractivity contribution >= 4 is 11.9 Å². The zero-order valence-electron chi connectivity index (χ0n) is 13.7. The van der Waals surface area contributed by atoms with Crippen molar-refractivity contribution in [2.45, 2.75) is 78.1 Å². The molecule has 0 aliphatic carbocycles. The molecular weight excluding hydrogens is 256 g/mol. The normalized spacial score (nSPS) is 9.40. The lowest BCUT2D eigenvalue weighted by Crippen LogP contribution is -1.98. The summed E-state index contributed by atoms with van der Waals surface area (Å²) in [6.45, 7) is 4.29. The van der Waals surface area contributed by atoms with Crippen LogP contribution in [0.3, 0.4) is 0 Å². The van der Waals surface area contributed by atoms with Crippen LogP contribution in [0.5, 0.6) is 0 Å². The monoisotopic (exact) mass is 288 g/mol. The van der Waals surface area contributed by atoms with Gasteiger partial charge >= 0.3 is 11.9 Å². The zero-order valence-corrected chi connectivity index (χ0v) is 13.7. The molecule has 0 saturated carbocycles. The summed E-state index contributed by atoms with van der Waals surface area (Å²) in [4.78, 5) is 21.1. The summed E-state index contributed by atoms with van der Waals surface area (Å²) in [6, 6.07) is 0. The van der Waals surface area contributed by atoms with Gasteiger partial charge in [-0.15, -0.1) is 0 Å². The summed E-state index contributed by atoms with van der Waals surface area (Å²) in [6.07, 6.45) is 10.3. The summed E-state index contributed by atoms with van der Waals surface area (Å²) in [5, 5.41) is 0. The van der Waals surface area contributed by atoms with Crippen molar-refractivity contribution < 1.29 is 19.1 Å². The smallest absolute Gasteiger partial charge is 0.305 e. The van der Waals surface area contributed by atoms with Gasteiger partial charge in [0, 0.05) is 12.8 Å². The fourth-order valence-electron chi connectivity index (χ4n) is 1.60. The van der Waals surface area contributed by atoms with Crippen LogP contribution in [-0.2, 0) is 19.1 Å². The second-order valence-electron chi connectivity index (χ2n) is 4.77. The highest BCUT2D eigenvalue weighted by Crippen LogP contribution is 2.05. The second kappa shape index (κ2) is 17.9. The third-order valence-electron chi connectivity index (χ3n) is 2.92. The van der Waals surface area contributed by atoms with E-state index in [2.05, 4.69) is 23.3 Å². The van der Waals surface area contributed by atoms with Gasteiger partial charge in [0.15, 0.2) is 0 Å². The molecule has 0 N–H and O–H groups in total. The highest BCUT2D eigenvalue weighted by Gasteiger charge is 1.98. The molecule has 4 heteroatoms. The maximum absolute atomic E-state index is 10.6. The molecule has 0 amide bonds. The summed E-state index contributed by atoms with van der Waals surface area (Å²) >= 11 is 0. The first-order valence-corrected chi connectivity index (χ1v) is 7.75. The molecule has 120 valence electrons. The lowest BCUT2D eigenvalue weighted by Gasteiger charge is -1.98. The number of ether oxygens (including phenoxy) is 2. The minimum atomic E-state index is -0.0940. The van der Waals surface area contributed by atoms with Gasteiger partial charge in [0.2, 0.25) is 0 Å². The predicted molar refractivity (Wildman–Crippen MR) is 81.6 cm³/mol. The van der Waals surface area contributed by atoms with Crippen molar-refractivity contribution in [1.82, 2.24) is 0 Å². The Labute approximate surface area is 124 Å². The Morgan fingerprint density at radius 1 is 0.650 bits per heavy atom. The molecule has 0 radical (unpaired) electrons. The van der Waals surface area contributed by atoms with Crippen molar-refractivity contribution in [3.8, 4) is 0 Å². The lowest BCUT2D eigenvalue weighted by atomic mass is 10.1. The van der Waals surface area contributed by atoms with Crippen molar-refractivity contribution in [3.63, 3.8) is 0 Å². The first-order valence-electron chi connectivity index (χ1n) is 7.75. The van der Waals surface area contributed by atoms with Crippen molar-refractivity contribution in [1.29, 1.82) is 0 Å². The van der Waals surface area contributed by atoms with Gasteiger partial charge < -0.3 is 9.47 Å². The fourth-order valence-corrected chi connectivity index (χ4v) is 1.60. The molecule has 0 aromatic rings. The van der Waals surface area contributed by atoms with Crippen LogP contribution < -0.4 is 0 Å². The van der Waals surface area contributed by atoms with Gasteiger partial charge in [-0.3, -0.25) is 9.59 Å². The Kier molecular flexibility index (Phi) is 19.1. The predicted octanol–water partition coefficient (Wildman–Crippen LogP) is 4.26. The molecule has 0 atom stereocenters. The Morgan fingerprint density at radius 3 is 1.40 bits per heavy atom.